The van der Waals surface area contributed by atoms with Gasteiger partial charge >= 0.3 is 0 Å². The first-order valence-corrected chi connectivity index (χ1v) is 6.57. The number of amides is 1. The van der Waals surface area contributed by atoms with Crippen LogP contribution in [0.4, 0.5) is 10.1 Å². The van der Waals surface area contributed by atoms with Crippen molar-refractivity contribution >= 4 is 11.6 Å². The third-order valence-corrected chi connectivity index (χ3v) is 3.07. The van der Waals surface area contributed by atoms with Gasteiger partial charge in [0.1, 0.15) is 18.2 Å². The van der Waals surface area contributed by atoms with Crippen LogP contribution in [0, 0.1) is 5.82 Å². The van der Waals surface area contributed by atoms with E-state index in [1.165, 1.54) is 23.1 Å². The van der Waals surface area contributed by atoms with Crippen LogP contribution in [0.25, 0.3) is 0 Å². The largest absolute Gasteiger partial charge is 0.492 e. The maximum absolute atomic E-state index is 13.4. The second-order valence-corrected chi connectivity index (χ2v) is 4.59. The molecular weight excluding hydrogens is 271 g/mol. The molecule has 0 unspecified atom stereocenters. The summed E-state index contributed by atoms with van der Waals surface area (Å²) in [5.41, 5.74) is 5.62. The number of nitrogens with two attached hydrogens (primary N) is 1. The Labute approximate surface area is 122 Å². The SMILES string of the molecule is CN(CCOc1ccccc1)C(=O)c1cccc(F)c1N. The van der Waals surface area contributed by atoms with Crippen LogP contribution in [0.2, 0.25) is 0 Å². The quantitative estimate of drug-likeness (QED) is 0.860. The zero-order valence-corrected chi connectivity index (χ0v) is 11.8. The first kappa shape index (κ1) is 14.8. The number of benzene rings is 2. The number of carbonyl (C=O) groups is 1. The van der Waals surface area contributed by atoms with Crippen LogP contribution < -0.4 is 10.5 Å². The van der Waals surface area contributed by atoms with Gasteiger partial charge in [-0.15, -0.1) is 0 Å². The average Bonchev–Trinajstić information content (AvgIpc) is 2.50. The molecule has 0 saturated heterocycles. The van der Waals surface area contributed by atoms with Crippen molar-refractivity contribution < 1.29 is 13.9 Å². The van der Waals surface area contributed by atoms with Crippen LogP contribution >= 0.6 is 0 Å². The molecule has 2 N–H and O–H groups in total. The van der Waals surface area contributed by atoms with Crippen LogP contribution in [-0.4, -0.2) is 31.0 Å². The van der Waals surface area contributed by atoms with Crippen molar-refractivity contribution in [1.29, 1.82) is 0 Å². The second kappa shape index (κ2) is 6.74. The van der Waals surface area contributed by atoms with Gasteiger partial charge in [0.25, 0.3) is 5.91 Å². The topological polar surface area (TPSA) is 55.6 Å². The number of hydrogen-bond donors (Lipinski definition) is 1. The van der Waals surface area contributed by atoms with Gasteiger partial charge in [0.05, 0.1) is 17.8 Å². The van der Waals surface area contributed by atoms with Crippen LogP contribution in [-0.2, 0) is 0 Å². The van der Waals surface area contributed by atoms with Gasteiger partial charge in [-0.3, -0.25) is 4.79 Å². The van der Waals surface area contributed by atoms with E-state index >= 15 is 0 Å². The molecule has 0 fully saturated rings. The Balaban J connectivity index is 1.92. The van der Waals surface area contributed by atoms with E-state index in [-0.39, 0.29) is 17.2 Å². The molecule has 5 heteroatoms. The molecule has 0 aliphatic rings. The molecule has 4 nitrogen and oxygen atoms in total. The fourth-order valence-corrected chi connectivity index (χ4v) is 1.85. The molecule has 0 radical (unpaired) electrons. The lowest BCUT2D eigenvalue weighted by Gasteiger charge is -2.18. The minimum atomic E-state index is -0.588. The summed E-state index contributed by atoms with van der Waals surface area (Å²) >= 11 is 0. The summed E-state index contributed by atoms with van der Waals surface area (Å²) in [4.78, 5) is 13.6. The van der Waals surface area contributed by atoms with Crippen LogP contribution in [0.5, 0.6) is 5.75 Å². The van der Waals surface area contributed by atoms with Crippen molar-refractivity contribution in [2.75, 3.05) is 25.9 Å². The fourth-order valence-electron chi connectivity index (χ4n) is 1.85. The molecule has 21 heavy (non-hydrogen) atoms. The number of rotatable bonds is 5. The minimum Gasteiger partial charge on any atom is -0.492 e. The summed E-state index contributed by atoms with van der Waals surface area (Å²) < 4.78 is 18.9. The average molecular weight is 288 g/mol. The normalized spacial score (nSPS) is 10.2. The van der Waals surface area contributed by atoms with Gasteiger partial charge in [-0.2, -0.15) is 0 Å². The van der Waals surface area contributed by atoms with Gasteiger partial charge in [-0.25, -0.2) is 4.39 Å². The zero-order valence-electron chi connectivity index (χ0n) is 11.8. The molecule has 1 amide bonds. The lowest BCUT2D eigenvalue weighted by atomic mass is 10.1. The van der Waals surface area contributed by atoms with Gasteiger partial charge in [0.15, 0.2) is 0 Å². The summed E-state index contributed by atoms with van der Waals surface area (Å²) in [7, 11) is 1.63. The number of hydrogen-bond acceptors (Lipinski definition) is 3. The van der Waals surface area contributed by atoms with Crippen molar-refractivity contribution in [3.8, 4) is 5.75 Å². The molecule has 0 aliphatic heterocycles. The predicted molar refractivity (Wildman–Crippen MR) is 79.7 cm³/mol. The maximum atomic E-state index is 13.4. The highest BCUT2D eigenvalue weighted by molar-refractivity contribution is 5.99. The Morgan fingerprint density at radius 3 is 2.62 bits per heavy atom. The maximum Gasteiger partial charge on any atom is 0.255 e. The number of para-hydroxylation sites is 2. The first-order chi connectivity index (χ1) is 10.1. The Morgan fingerprint density at radius 2 is 1.90 bits per heavy atom. The molecule has 0 aromatic heterocycles. The summed E-state index contributed by atoms with van der Waals surface area (Å²) in [6.45, 7) is 0.727. The summed E-state index contributed by atoms with van der Waals surface area (Å²) in [6, 6.07) is 13.5. The Kier molecular flexibility index (Phi) is 4.77. The number of carbonyl (C=O) groups excluding carboxylic acids is 1. The second-order valence-electron chi connectivity index (χ2n) is 4.59. The summed E-state index contributed by atoms with van der Waals surface area (Å²) in [6.07, 6.45) is 0. The predicted octanol–water partition coefficient (Wildman–Crippen LogP) is 2.56. The molecule has 0 aliphatic carbocycles. The van der Waals surface area contributed by atoms with E-state index in [1.54, 1.807) is 7.05 Å². The summed E-state index contributed by atoms with van der Waals surface area (Å²) in [5, 5.41) is 0. The number of anilines is 1. The Hall–Kier alpha value is -2.56. The van der Waals surface area contributed by atoms with Crippen molar-refractivity contribution in [2.45, 2.75) is 0 Å². The molecule has 0 heterocycles. The monoisotopic (exact) mass is 288 g/mol. The molecule has 2 rings (SSSR count). The number of nitrogen functional groups attached to an aromatic ring is 1. The molecule has 0 bridgehead atoms. The minimum absolute atomic E-state index is 0.127. The summed E-state index contributed by atoms with van der Waals surface area (Å²) in [5.74, 6) is -0.179. The van der Waals surface area contributed by atoms with Gasteiger partial charge in [0.2, 0.25) is 0 Å². The van der Waals surface area contributed by atoms with Gasteiger partial charge < -0.3 is 15.4 Å². The molecule has 0 spiro atoms. The highest BCUT2D eigenvalue weighted by Crippen LogP contribution is 2.17. The fraction of sp³-hybridized carbons (Fsp3) is 0.188. The number of halogens is 1. The standard InChI is InChI=1S/C16H17FN2O2/c1-19(10-11-21-12-6-3-2-4-7-12)16(20)13-8-5-9-14(17)15(13)18/h2-9H,10-11,18H2,1H3. The smallest absolute Gasteiger partial charge is 0.255 e. The molecule has 110 valence electrons. The van der Waals surface area contributed by atoms with E-state index in [2.05, 4.69) is 0 Å². The molecule has 0 saturated carbocycles. The third kappa shape index (κ3) is 3.72. The van der Waals surface area contributed by atoms with E-state index in [9.17, 15) is 9.18 Å². The zero-order chi connectivity index (χ0) is 15.2. The van der Waals surface area contributed by atoms with E-state index < -0.39 is 5.82 Å². The van der Waals surface area contributed by atoms with Crippen LogP contribution in [0.1, 0.15) is 10.4 Å². The van der Waals surface area contributed by atoms with E-state index in [4.69, 9.17) is 10.5 Å². The Bertz CT molecular complexity index is 617. The Morgan fingerprint density at radius 1 is 1.19 bits per heavy atom. The third-order valence-electron chi connectivity index (χ3n) is 3.07. The first-order valence-electron chi connectivity index (χ1n) is 6.57. The molecule has 2 aromatic rings. The van der Waals surface area contributed by atoms with E-state index in [0.717, 1.165) is 5.75 Å². The van der Waals surface area contributed by atoms with Crippen molar-refractivity contribution in [2.24, 2.45) is 0 Å². The van der Waals surface area contributed by atoms with E-state index in [0.29, 0.717) is 13.2 Å². The molecular formula is C16H17FN2O2. The number of likely N-dealkylation sites (N-methyl/N-ethyl adjacent to an activating group) is 1. The lowest BCUT2D eigenvalue weighted by Crippen LogP contribution is -2.31. The van der Waals surface area contributed by atoms with Crippen molar-refractivity contribution in [1.82, 2.24) is 4.90 Å². The highest BCUT2D eigenvalue weighted by Gasteiger charge is 2.16. The van der Waals surface area contributed by atoms with Gasteiger partial charge in [0, 0.05) is 7.05 Å². The molecule has 0 atom stereocenters. The van der Waals surface area contributed by atoms with E-state index in [1.807, 2.05) is 30.3 Å². The molecule has 2 aromatic carbocycles. The lowest BCUT2D eigenvalue weighted by molar-refractivity contribution is 0.0774. The van der Waals surface area contributed by atoms with Gasteiger partial charge in [-0.05, 0) is 24.3 Å². The van der Waals surface area contributed by atoms with Crippen LogP contribution in [0.3, 0.4) is 0 Å². The van der Waals surface area contributed by atoms with Crippen LogP contribution in [0.15, 0.2) is 48.5 Å². The van der Waals surface area contributed by atoms with Gasteiger partial charge in [-0.1, -0.05) is 24.3 Å². The highest BCUT2D eigenvalue weighted by atomic mass is 19.1. The number of ether oxygens (including phenoxy) is 1. The van der Waals surface area contributed by atoms with Crippen molar-refractivity contribution in [3.63, 3.8) is 0 Å². The van der Waals surface area contributed by atoms with Crippen molar-refractivity contribution in [3.05, 3.63) is 59.9 Å². The number of nitrogens with zero attached hydrogens (tertiary/aromatic N) is 1.